The van der Waals surface area contributed by atoms with Gasteiger partial charge in [-0.3, -0.25) is 15.3 Å². The van der Waals surface area contributed by atoms with Gasteiger partial charge in [-0.05, 0) is 56.5 Å². The Morgan fingerprint density at radius 1 is 1.33 bits per heavy atom. The Bertz CT molecular complexity index is 804. The molecule has 3 N–H and O–H groups in total. The summed E-state index contributed by atoms with van der Waals surface area (Å²) < 4.78 is 0. The van der Waals surface area contributed by atoms with Gasteiger partial charge in [-0.25, -0.2) is 0 Å². The van der Waals surface area contributed by atoms with Crippen LogP contribution in [-0.2, 0) is 23.1 Å². The van der Waals surface area contributed by atoms with Gasteiger partial charge in [-0.1, -0.05) is 6.92 Å². The summed E-state index contributed by atoms with van der Waals surface area (Å²) in [6.45, 7) is 7.92. The number of hydrogen-bond acceptors (Lipinski definition) is 4. The van der Waals surface area contributed by atoms with Crippen molar-refractivity contribution in [2.75, 3.05) is 10.7 Å². The van der Waals surface area contributed by atoms with Crippen molar-refractivity contribution in [3.63, 3.8) is 0 Å². The Morgan fingerprint density at radius 3 is 2.79 bits per heavy atom. The highest BCUT2D eigenvalue weighted by Gasteiger charge is 2.39. The number of nitrogens with zero attached hydrogens (tertiary/aromatic N) is 2. The Morgan fingerprint density at radius 2 is 2.12 bits per heavy atom. The van der Waals surface area contributed by atoms with Gasteiger partial charge in [0.25, 0.3) is 0 Å². The monoisotopic (exact) mass is 325 g/mol. The van der Waals surface area contributed by atoms with E-state index in [1.807, 2.05) is 39.0 Å². The molecule has 2 heterocycles. The number of aromatic amines is 1. The van der Waals surface area contributed by atoms with Crippen molar-refractivity contribution in [2.24, 2.45) is 5.10 Å². The number of hydrazone groups is 1. The standard InChI is InChI=1S/C18H23N5O/c1-5-12-9-14(10-15-16(12)20-17(24)18(15,3)4)22-19-7-6-13-8-11(2)21-23-13/h7-10,22H,5-6H2,1-4H3,(H,20,24)(H,21,23). The number of benzene rings is 1. The molecule has 0 aliphatic carbocycles. The zero-order valence-electron chi connectivity index (χ0n) is 14.5. The molecule has 0 saturated carbocycles. The van der Waals surface area contributed by atoms with Gasteiger partial charge in [-0.15, -0.1) is 0 Å². The van der Waals surface area contributed by atoms with Crippen molar-refractivity contribution in [2.45, 2.75) is 46.0 Å². The summed E-state index contributed by atoms with van der Waals surface area (Å²) in [6, 6.07) is 6.04. The highest BCUT2D eigenvalue weighted by atomic mass is 16.2. The van der Waals surface area contributed by atoms with Crippen LogP contribution in [0.15, 0.2) is 23.3 Å². The summed E-state index contributed by atoms with van der Waals surface area (Å²) in [5.74, 6) is 0.0440. The minimum atomic E-state index is -0.520. The first kappa shape index (κ1) is 16.2. The third-order valence-electron chi connectivity index (χ3n) is 4.44. The fraction of sp³-hybridized carbons (Fsp3) is 0.389. The number of aryl methyl sites for hydroxylation is 2. The fourth-order valence-corrected chi connectivity index (χ4v) is 2.92. The van der Waals surface area contributed by atoms with E-state index < -0.39 is 5.41 Å². The molecule has 0 unspecified atom stereocenters. The van der Waals surface area contributed by atoms with E-state index in [2.05, 4.69) is 33.0 Å². The Hall–Kier alpha value is -2.63. The molecule has 126 valence electrons. The zero-order valence-corrected chi connectivity index (χ0v) is 14.5. The summed E-state index contributed by atoms with van der Waals surface area (Å²) in [6.07, 6.45) is 3.34. The molecule has 0 bridgehead atoms. The van der Waals surface area contributed by atoms with E-state index in [0.29, 0.717) is 6.42 Å². The number of hydrogen-bond donors (Lipinski definition) is 3. The van der Waals surface area contributed by atoms with Crippen LogP contribution >= 0.6 is 0 Å². The van der Waals surface area contributed by atoms with Crippen molar-refractivity contribution in [3.05, 3.63) is 40.7 Å². The molecule has 1 aromatic heterocycles. The summed E-state index contributed by atoms with van der Waals surface area (Å²) in [4.78, 5) is 12.2. The van der Waals surface area contributed by atoms with Crippen LogP contribution in [0.3, 0.4) is 0 Å². The number of carbonyl (C=O) groups excluding carboxylic acids is 1. The molecule has 2 aromatic rings. The first-order valence-corrected chi connectivity index (χ1v) is 8.19. The molecule has 0 saturated heterocycles. The van der Waals surface area contributed by atoms with Crippen LogP contribution in [-0.4, -0.2) is 22.3 Å². The Labute approximate surface area is 141 Å². The number of nitrogens with one attached hydrogen (secondary N) is 3. The molecule has 0 spiro atoms. The average molecular weight is 325 g/mol. The molecule has 1 aliphatic rings. The number of rotatable bonds is 5. The van der Waals surface area contributed by atoms with E-state index in [1.54, 1.807) is 6.21 Å². The van der Waals surface area contributed by atoms with E-state index in [9.17, 15) is 4.79 Å². The van der Waals surface area contributed by atoms with Gasteiger partial charge in [-0.2, -0.15) is 10.2 Å². The quantitative estimate of drug-likeness (QED) is 0.583. The Balaban J connectivity index is 1.77. The summed E-state index contributed by atoms with van der Waals surface area (Å²) in [5, 5.41) is 14.3. The van der Waals surface area contributed by atoms with Gasteiger partial charge in [0.2, 0.25) is 5.91 Å². The third-order valence-corrected chi connectivity index (χ3v) is 4.44. The maximum atomic E-state index is 12.2. The van der Waals surface area contributed by atoms with Gasteiger partial charge in [0.1, 0.15) is 0 Å². The molecule has 3 rings (SSSR count). The van der Waals surface area contributed by atoms with Crippen molar-refractivity contribution in [3.8, 4) is 0 Å². The van der Waals surface area contributed by atoms with Crippen molar-refractivity contribution in [1.29, 1.82) is 0 Å². The zero-order chi connectivity index (χ0) is 17.3. The minimum absolute atomic E-state index is 0.0440. The van der Waals surface area contributed by atoms with Crippen LogP contribution in [0.25, 0.3) is 0 Å². The number of anilines is 2. The molecular formula is C18H23N5O. The smallest absolute Gasteiger partial charge is 0.234 e. The molecule has 1 amide bonds. The lowest BCUT2D eigenvalue weighted by Gasteiger charge is -2.17. The third kappa shape index (κ3) is 2.91. The second-order valence-corrected chi connectivity index (χ2v) is 6.65. The van der Waals surface area contributed by atoms with Crippen LogP contribution < -0.4 is 10.7 Å². The maximum absolute atomic E-state index is 12.2. The normalized spacial score (nSPS) is 15.6. The lowest BCUT2D eigenvalue weighted by Crippen LogP contribution is -2.26. The summed E-state index contributed by atoms with van der Waals surface area (Å²) in [7, 11) is 0. The van der Waals surface area contributed by atoms with Gasteiger partial charge < -0.3 is 5.32 Å². The predicted molar refractivity (Wildman–Crippen MR) is 96.6 cm³/mol. The first-order valence-electron chi connectivity index (χ1n) is 8.19. The van der Waals surface area contributed by atoms with E-state index >= 15 is 0 Å². The highest BCUT2D eigenvalue weighted by Crippen LogP contribution is 2.41. The Kier molecular flexibility index (Phi) is 4.13. The maximum Gasteiger partial charge on any atom is 0.234 e. The second kappa shape index (κ2) is 6.11. The van der Waals surface area contributed by atoms with Crippen LogP contribution in [0.5, 0.6) is 0 Å². The number of fused-ring (bicyclic) bond motifs is 1. The van der Waals surface area contributed by atoms with Crippen molar-refractivity contribution < 1.29 is 4.79 Å². The number of H-pyrrole nitrogens is 1. The molecule has 6 heteroatoms. The second-order valence-electron chi connectivity index (χ2n) is 6.65. The number of amides is 1. The van der Waals surface area contributed by atoms with Crippen molar-refractivity contribution >= 4 is 23.5 Å². The van der Waals surface area contributed by atoms with Crippen LogP contribution in [0, 0.1) is 6.92 Å². The first-order chi connectivity index (χ1) is 11.4. The topological polar surface area (TPSA) is 82.2 Å². The van der Waals surface area contributed by atoms with Gasteiger partial charge in [0, 0.05) is 24.0 Å². The van der Waals surface area contributed by atoms with E-state index in [1.165, 1.54) is 0 Å². The lowest BCUT2D eigenvalue weighted by molar-refractivity contribution is -0.119. The largest absolute Gasteiger partial charge is 0.325 e. The van der Waals surface area contributed by atoms with E-state index in [0.717, 1.165) is 40.3 Å². The SMILES string of the molecule is CCc1cc(NN=CCc2cc(C)n[nH]2)cc2c1NC(=O)C2(C)C. The minimum Gasteiger partial charge on any atom is -0.325 e. The fourth-order valence-electron chi connectivity index (χ4n) is 2.92. The lowest BCUT2D eigenvalue weighted by atomic mass is 9.85. The van der Waals surface area contributed by atoms with Crippen molar-refractivity contribution in [1.82, 2.24) is 10.2 Å². The van der Waals surface area contributed by atoms with Crippen LogP contribution in [0.2, 0.25) is 0 Å². The molecule has 1 aliphatic heterocycles. The number of aromatic nitrogens is 2. The van der Waals surface area contributed by atoms with E-state index in [4.69, 9.17) is 0 Å². The summed E-state index contributed by atoms with van der Waals surface area (Å²) >= 11 is 0. The van der Waals surface area contributed by atoms with Gasteiger partial charge >= 0.3 is 0 Å². The molecular weight excluding hydrogens is 302 g/mol. The molecule has 24 heavy (non-hydrogen) atoms. The molecule has 1 aromatic carbocycles. The van der Waals surface area contributed by atoms with E-state index in [-0.39, 0.29) is 5.91 Å². The van der Waals surface area contributed by atoms with Crippen LogP contribution in [0.4, 0.5) is 11.4 Å². The van der Waals surface area contributed by atoms with Crippen LogP contribution in [0.1, 0.15) is 43.3 Å². The molecule has 0 fully saturated rings. The molecule has 6 nitrogen and oxygen atoms in total. The average Bonchev–Trinajstić information content (AvgIpc) is 3.06. The predicted octanol–water partition coefficient (Wildman–Crippen LogP) is 3.15. The van der Waals surface area contributed by atoms with Gasteiger partial charge in [0.05, 0.1) is 16.8 Å². The number of carbonyl (C=O) groups is 1. The highest BCUT2D eigenvalue weighted by molar-refractivity contribution is 6.06. The molecule has 0 atom stereocenters. The molecule has 0 radical (unpaired) electrons. The van der Waals surface area contributed by atoms with Gasteiger partial charge in [0.15, 0.2) is 0 Å². The summed E-state index contributed by atoms with van der Waals surface area (Å²) in [5.41, 5.74) is 8.54.